The second-order valence-electron chi connectivity index (χ2n) is 9.15. The van der Waals surface area contributed by atoms with Gasteiger partial charge in [0.15, 0.2) is 0 Å². The number of piperazine rings is 1. The van der Waals surface area contributed by atoms with Crippen LogP contribution in [0.5, 0.6) is 0 Å². The smallest absolute Gasteiger partial charge is 0.256 e. The van der Waals surface area contributed by atoms with E-state index in [-0.39, 0.29) is 23.9 Å². The minimum atomic E-state index is -0.143. The summed E-state index contributed by atoms with van der Waals surface area (Å²) in [7, 11) is 1.66. The molecule has 4 aromatic rings. The molecule has 1 aliphatic heterocycles. The van der Waals surface area contributed by atoms with Gasteiger partial charge in [-0.1, -0.05) is 84.9 Å². The summed E-state index contributed by atoms with van der Waals surface area (Å²) in [6.45, 7) is 1.69. The lowest BCUT2D eigenvalue weighted by molar-refractivity contribution is -0.122. The highest BCUT2D eigenvalue weighted by molar-refractivity contribution is 6.06. The Kier molecular flexibility index (Phi) is 7.05. The molecule has 6 nitrogen and oxygen atoms in total. The van der Waals surface area contributed by atoms with Crippen LogP contribution in [0.3, 0.4) is 0 Å². The van der Waals surface area contributed by atoms with Crippen molar-refractivity contribution in [3.05, 3.63) is 114 Å². The normalized spacial score (nSPS) is 16.3. The summed E-state index contributed by atoms with van der Waals surface area (Å²) in [6, 6.07) is 28.4. The molecule has 36 heavy (non-hydrogen) atoms. The van der Waals surface area contributed by atoms with Gasteiger partial charge < -0.3 is 10.2 Å². The number of hydrogen-bond donors (Lipinski definition) is 1. The average Bonchev–Trinajstić information content (AvgIpc) is 2.94. The highest BCUT2D eigenvalue weighted by atomic mass is 16.2. The molecule has 1 aliphatic rings. The van der Waals surface area contributed by atoms with Crippen LogP contribution in [0.25, 0.3) is 10.8 Å². The molecule has 1 unspecified atom stereocenters. The SMILES string of the molecule is CNC(=O)CC1CN(C(=O)c2cncc3ccccc23)CCN1C(c1ccccc1)c1ccccc1. The predicted molar refractivity (Wildman–Crippen MR) is 142 cm³/mol. The highest BCUT2D eigenvalue weighted by Gasteiger charge is 2.36. The quantitative estimate of drug-likeness (QED) is 0.449. The third kappa shape index (κ3) is 4.86. The zero-order valence-electron chi connectivity index (χ0n) is 20.4. The predicted octanol–water partition coefficient (Wildman–Crippen LogP) is 4.29. The van der Waals surface area contributed by atoms with Crippen molar-refractivity contribution < 1.29 is 9.59 Å². The van der Waals surface area contributed by atoms with E-state index in [1.54, 1.807) is 19.4 Å². The van der Waals surface area contributed by atoms with Gasteiger partial charge in [-0.25, -0.2) is 0 Å². The first-order valence-corrected chi connectivity index (χ1v) is 12.3. The van der Waals surface area contributed by atoms with E-state index in [1.165, 1.54) is 11.1 Å². The van der Waals surface area contributed by atoms with E-state index in [2.05, 4.69) is 39.5 Å². The molecule has 5 rings (SSSR count). The fraction of sp³-hybridized carbons (Fsp3) is 0.233. The molecule has 182 valence electrons. The lowest BCUT2D eigenvalue weighted by atomic mass is 9.93. The van der Waals surface area contributed by atoms with Gasteiger partial charge in [0.1, 0.15) is 0 Å². The second-order valence-corrected chi connectivity index (χ2v) is 9.15. The molecule has 3 aromatic carbocycles. The second kappa shape index (κ2) is 10.7. The van der Waals surface area contributed by atoms with E-state index < -0.39 is 0 Å². The van der Waals surface area contributed by atoms with Gasteiger partial charge in [-0.15, -0.1) is 0 Å². The fourth-order valence-corrected chi connectivity index (χ4v) is 5.19. The van der Waals surface area contributed by atoms with Crippen LogP contribution in [0.2, 0.25) is 0 Å². The summed E-state index contributed by atoms with van der Waals surface area (Å²) >= 11 is 0. The van der Waals surface area contributed by atoms with Crippen LogP contribution in [-0.4, -0.2) is 59.3 Å². The molecule has 6 heteroatoms. The van der Waals surface area contributed by atoms with Gasteiger partial charge in [0, 0.05) is 56.9 Å². The van der Waals surface area contributed by atoms with Crippen LogP contribution >= 0.6 is 0 Å². The number of rotatable bonds is 6. The zero-order chi connectivity index (χ0) is 24.9. The summed E-state index contributed by atoms with van der Waals surface area (Å²) in [5.74, 6) is -0.0807. The van der Waals surface area contributed by atoms with Crippen LogP contribution in [0.4, 0.5) is 0 Å². The number of pyridine rings is 1. The van der Waals surface area contributed by atoms with Gasteiger partial charge in [-0.05, 0) is 16.5 Å². The Morgan fingerprint density at radius 2 is 1.53 bits per heavy atom. The van der Waals surface area contributed by atoms with Gasteiger partial charge >= 0.3 is 0 Å². The molecule has 0 radical (unpaired) electrons. The molecule has 0 spiro atoms. The first kappa shape index (κ1) is 23.7. The van der Waals surface area contributed by atoms with E-state index >= 15 is 0 Å². The van der Waals surface area contributed by atoms with Gasteiger partial charge in [0.05, 0.1) is 11.6 Å². The fourth-order valence-electron chi connectivity index (χ4n) is 5.19. The summed E-state index contributed by atoms with van der Waals surface area (Å²) in [6.07, 6.45) is 3.74. The standard InChI is InChI=1S/C30H30N4O2/c1-31-28(35)18-25-21-33(30(36)27-20-32-19-24-14-8-9-15-26(24)27)16-17-34(25)29(22-10-4-2-5-11-22)23-12-6-3-7-13-23/h2-15,19-20,25,29H,16-18,21H2,1H3,(H,31,35). The van der Waals surface area contributed by atoms with Crippen molar-refractivity contribution in [1.29, 1.82) is 0 Å². The number of carbonyl (C=O) groups excluding carboxylic acids is 2. The highest BCUT2D eigenvalue weighted by Crippen LogP contribution is 2.33. The number of benzene rings is 3. The molecule has 1 saturated heterocycles. The van der Waals surface area contributed by atoms with Crippen LogP contribution in [0.15, 0.2) is 97.3 Å². The molecule has 0 saturated carbocycles. The van der Waals surface area contributed by atoms with Crippen molar-refractivity contribution in [2.45, 2.75) is 18.5 Å². The number of nitrogens with one attached hydrogen (secondary N) is 1. The van der Waals surface area contributed by atoms with Crippen molar-refractivity contribution in [1.82, 2.24) is 20.1 Å². The Balaban J connectivity index is 1.48. The van der Waals surface area contributed by atoms with Gasteiger partial charge in [-0.2, -0.15) is 0 Å². The summed E-state index contributed by atoms with van der Waals surface area (Å²) in [5.41, 5.74) is 2.94. The van der Waals surface area contributed by atoms with Gasteiger partial charge in [0.25, 0.3) is 5.91 Å². The lowest BCUT2D eigenvalue weighted by Gasteiger charge is -2.45. The molecule has 0 bridgehead atoms. The van der Waals surface area contributed by atoms with E-state index in [1.807, 2.05) is 65.6 Å². The molecule has 0 aliphatic carbocycles. The minimum Gasteiger partial charge on any atom is -0.359 e. The molecule has 2 amide bonds. The first-order chi connectivity index (χ1) is 17.7. The van der Waals surface area contributed by atoms with Gasteiger partial charge in [0.2, 0.25) is 5.91 Å². The van der Waals surface area contributed by atoms with E-state index in [9.17, 15) is 9.59 Å². The van der Waals surface area contributed by atoms with Crippen molar-refractivity contribution in [3.63, 3.8) is 0 Å². The zero-order valence-corrected chi connectivity index (χ0v) is 20.4. The van der Waals surface area contributed by atoms with Crippen LogP contribution in [-0.2, 0) is 4.79 Å². The van der Waals surface area contributed by atoms with Crippen molar-refractivity contribution in [2.24, 2.45) is 0 Å². The molecule has 1 fully saturated rings. The monoisotopic (exact) mass is 478 g/mol. The first-order valence-electron chi connectivity index (χ1n) is 12.3. The number of hydrogen-bond acceptors (Lipinski definition) is 4. The lowest BCUT2D eigenvalue weighted by Crippen LogP contribution is -2.56. The van der Waals surface area contributed by atoms with Crippen LogP contribution < -0.4 is 5.32 Å². The Morgan fingerprint density at radius 3 is 2.19 bits per heavy atom. The van der Waals surface area contributed by atoms with E-state index in [0.29, 0.717) is 31.6 Å². The molecule has 1 atom stereocenters. The van der Waals surface area contributed by atoms with Gasteiger partial charge in [-0.3, -0.25) is 19.5 Å². The van der Waals surface area contributed by atoms with Crippen molar-refractivity contribution >= 4 is 22.6 Å². The topological polar surface area (TPSA) is 65.5 Å². The number of nitrogens with zero attached hydrogens (tertiary/aromatic N) is 3. The minimum absolute atomic E-state index is 0.0152. The molecular formula is C30H30N4O2. The van der Waals surface area contributed by atoms with Crippen molar-refractivity contribution in [2.75, 3.05) is 26.7 Å². The number of fused-ring (bicyclic) bond motifs is 1. The van der Waals surface area contributed by atoms with Crippen LogP contribution in [0.1, 0.15) is 33.9 Å². The summed E-state index contributed by atoms with van der Waals surface area (Å²) in [4.78, 5) is 34.9. The number of carbonyl (C=O) groups is 2. The summed E-state index contributed by atoms with van der Waals surface area (Å²) < 4.78 is 0. The molecule has 1 aromatic heterocycles. The summed E-state index contributed by atoms with van der Waals surface area (Å²) in [5, 5.41) is 4.61. The number of aromatic nitrogens is 1. The van der Waals surface area contributed by atoms with E-state index in [0.717, 1.165) is 10.8 Å². The van der Waals surface area contributed by atoms with Crippen molar-refractivity contribution in [3.8, 4) is 0 Å². The third-order valence-electron chi connectivity index (χ3n) is 6.98. The van der Waals surface area contributed by atoms with Crippen LogP contribution in [0, 0.1) is 0 Å². The van der Waals surface area contributed by atoms with E-state index in [4.69, 9.17) is 0 Å². The Bertz CT molecular complexity index is 1300. The maximum atomic E-state index is 13.7. The maximum absolute atomic E-state index is 13.7. The molecule has 1 N–H and O–H groups in total. The Morgan fingerprint density at radius 1 is 0.889 bits per heavy atom. The Hall–Kier alpha value is -4.03. The number of amides is 2. The Labute approximate surface area is 211 Å². The average molecular weight is 479 g/mol. The largest absolute Gasteiger partial charge is 0.359 e. The molecular weight excluding hydrogens is 448 g/mol. The maximum Gasteiger partial charge on any atom is 0.256 e. The molecule has 2 heterocycles. The third-order valence-corrected chi connectivity index (χ3v) is 6.98.